The van der Waals surface area contributed by atoms with E-state index >= 15 is 0 Å². The average molecular weight is 415 g/mol. The number of hydrogen-bond acceptors (Lipinski definition) is 4. The Morgan fingerprint density at radius 1 is 1.07 bits per heavy atom. The molecule has 0 unspecified atom stereocenters. The Bertz CT molecular complexity index is 861. The van der Waals surface area contributed by atoms with E-state index in [4.69, 9.17) is 16.0 Å². The second-order valence-corrected chi connectivity index (χ2v) is 7.23. The second kappa shape index (κ2) is 11.9. The van der Waals surface area contributed by atoms with Crippen molar-refractivity contribution in [3.05, 3.63) is 59.7 Å². The summed E-state index contributed by atoms with van der Waals surface area (Å²) < 4.78 is 19.6. The number of carboxylic acid groups (broad SMARTS) is 1. The number of nitrogens with zero attached hydrogens (tertiary/aromatic N) is 1. The van der Waals surface area contributed by atoms with Gasteiger partial charge in [0.25, 0.3) is 5.91 Å². The summed E-state index contributed by atoms with van der Waals surface area (Å²) in [5.74, 6) is 0.296. The lowest BCUT2D eigenvalue weighted by Gasteiger charge is -2.28. The van der Waals surface area contributed by atoms with E-state index in [9.17, 15) is 9.59 Å². The molecule has 0 saturated carbocycles. The molecule has 2 rings (SSSR count). The Kier molecular flexibility index (Phi) is 8.57. The third-order valence-electron chi connectivity index (χ3n) is 4.72. The molecule has 1 N–H and O–H groups in total. The van der Waals surface area contributed by atoms with Crippen LogP contribution < -0.4 is 9.47 Å². The van der Waals surface area contributed by atoms with Crippen LogP contribution in [0.5, 0.6) is 11.5 Å². The Hall–Kier alpha value is -3.02. The van der Waals surface area contributed by atoms with Gasteiger partial charge in [0.15, 0.2) is 0 Å². The molecule has 2 aromatic carbocycles. The van der Waals surface area contributed by atoms with E-state index < -0.39 is 12.0 Å². The zero-order valence-corrected chi connectivity index (χ0v) is 17.9. The molecule has 162 valence electrons. The van der Waals surface area contributed by atoms with Crippen LogP contribution in [0.2, 0.25) is 0 Å². The van der Waals surface area contributed by atoms with E-state index in [-0.39, 0.29) is 18.9 Å². The van der Waals surface area contributed by atoms with Gasteiger partial charge in [-0.2, -0.15) is 0 Å². The summed E-state index contributed by atoms with van der Waals surface area (Å²) in [6.07, 6.45) is 2.31. The Balaban J connectivity index is 2.09. The smallest absolute Gasteiger partial charge is 0.303 e. The van der Waals surface area contributed by atoms with Crippen LogP contribution in [0.3, 0.4) is 0 Å². The summed E-state index contributed by atoms with van der Waals surface area (Å²) in [5.41, 5.74) is 1.30. The van der Waals surface area contributed by atoms with Crippen LogP contribution in [0.15, 0.2) is 48.5 Å². The van der Waals surface area contributed by atoms with Crippen molar-refractivity contribution in [1.82, 2.24) is 4.90 Å². The number of para-hydroxylation sites is 1. The summed E-state index contributed by atoms with van der Waals surface area (Å²) in [4.78, 5) is 25.3. The van der Waals surface area contributed by atoms with Gasteiger partial charge in [-0.15, -0.1) is 0 Å². The number of carbonyl (C=O) groups is 2. The largest absolute Gasteiger partial charge is 0.497 e. The zero-order valence-electron chi connectivity index (χ0n) is 18.9. The number of unbranched alkanes of at least 4 members (excludes halogenated alkanes) is 2. The average Bonchev–Trinajstić information content (AvgIpc) is 2.73. The maximum atomic E-state index is 13.2. The lowest BCUT2D eigenvalue weighted by molar-refractivity contribution is -0.137. The standard InChI is InChI=1S/C24H31NO5/c1-18(2)25(24(28)19-12-14-21(29-3)15-13-19)17-20-9-6-7-10-22(20)30-16-8-4-5-11-23(26)27/h6-7,9-10,12-15,18H,4-5,8,11,16-17H2,1-3H3,(H,26,27)/i18D. The van der Waals surface area contributed by atoms with Crippen LogP contribution >= 0.6 is 0 Å². The van der Waals surface area contributed by atoms with Crippen molar-refractivity contribution in [2.24, 2.45) is 0 Å². The minimum atomic E-state index is -1.14. The quantitative estimate of drug-likeness (QED) is 0.506. The third-order valence-corrected chi connectivity index (χ3v) is 4.72. The predicted octanol–water partition coefficient (Wildman–Crippen LogP) is 4.77. The number of hydrogen-bond donors (Lipinski definition) is 1. The van der Waals surface area contributed by atoms with E-state index in [1.165, 1.54) is 4.90 Å². The van der Waals surface area contributed by atoms with E-state index in [0.717, 1.165) is 18.4 Å². The highest BCUT2D eigenvalue weighted by molar-refractivity contribution is 5.94. The number of amides is 1. The first-order valence-electron chi connectivity index (χ1n) is 10.6. The highest BCUT2D eigenvalue weighted by Crippen LogP contribution is 2.23. The van der Waals surface area contributed by atoms with Crippen molar-refractivity contribution in [1.29, 1.82) is 0 Å². The Morgan fingerprint density at radius 3 is 2.40 bits per heavy atom. The molecule has 6 heteroatoms. The van der Waals surface area contributed by atoms with Crippen LogP contribution in [0.25, 0.3) is 0 Å². The van der Waals surface area contributed by atoms with Gasteiger partial charge in [-0.25, -0.2) is 0 Å². The third kappa shape index (κ3) is 7.10. The Morgan fingerprint density at radius 2 is 1.77 bits per heavy atom. The Labute approximate surface area is 179 Å². The number of rotatable bonds is 12. The molecule has 0 bridgehead atoms. The van der Waals surface area contributed by atoms with Gasteiger partial charge in [0, 0.05) is 30.1 Å². The number of methoxy groups -OCH3 is 1. The van der Waals surface area contributed by atoms with E-state index in [0.29, 0.717) is 30.1 Å². The van der Waals surface area contributed by atoms with E-state index in [2.05, 4.69) is 0 Å². The minimum Gasteiger partial charge on any atom is -0.497 e. The summed E-state index contributed by atoms with van der Waals surface area (Å²) in [6, 6.07) is 13.2. The number of ether oxygens (including phenoxy) is 2. The highest BCUT2D eigenvalue weighted by atomic mass is 16.5. The van der Waals surface area contributed by atoms with Crippen molar-refractivity contribution in [3.8, 4) is 11.5 Å². The summed E-state index contributed by atoms with van der Waals surface area (Å²) in [7, 11) is 1.57. The summed E-state index contributed by atoms with van der Waals surface area (Å²) in [5, 5.41) is 8.70. The van der Waals surface area contributed by atoms with Gasteiger partial charge in [0.2, 0.25) is 0 Å². The van der Waals surface area contributed by atoms with Gasteiger partial charge in [-0.1, -0.05) is 18.2 Å². The molecule has 0 spiro atoms. The molecule has 2 aromatic rings. The van der Waals surface area contributed by atoms with Gasteiger partial charge in [-0.05, 0) is 63.4 Å². The maximum absolute atomic E-state index is 13.2. The number of benzene rings is 2. The van der Waals surface area contributed by atoms with Crippen molar-refractivity contribution in [2.45, 2.75) is 52.1 Å². The van der Waals surface area contributed by atoms with Gasteiger partial charge >= 0.3 is 5.97 Å². The van der Waals surface area contributed by atoms with Crippen LogP contribution in [0, 0.1) is 0 Å². The molecule has 0 fully saturated rings. The van der Waals surface area contributed by atoms with E-state index in [1.54, 1.807) is 45.2 Å². The van der Waals surface area contributed by atoms with Crippen LogP contribution in [0.4, 0.5) is 0 Å². The molecule has 0 aliphatic carbocycles. The van der Waals surface area contributed by atoms with Gasteiger partial charge in [0.05, 0.1) is 15.1 Å². The van der Waals surface area contributed by atoms with Gasteiger partial charge in [-0.3, -0.25) is 9.59 Å². The summed E-state index contributed by atoms with van der Waals surface area (Å²) >= 11 is 0. The van der Waals surface area contributed by atoms with Gasteiger partial charge < -0.3 is 19.5 Å². The summed E-state index contributed by atoms with van der Waals surface area (Å²) in [6.45, 7) is 4.06. The zero-order chi connectivity index (χ0) is 22.9. The monoisotopic (exact) mass is 414 g/mol. The van der Waals surface area contributed by atoms with Crippen LogP contribution in [-0.4, -0.2) is 41.6 Å². The number of carbonyl (C=O) groups excluding carboxylic acids is 1. The first kappa shape index (κ1) is 21.7. The molecule has 0 atom stereocenters. The lowest BCUT2D eigenvalue weighted by Crippen LogP contribution is -2.36. The number of aliphatic carboxylic acids is 1. The molecule has 0 saturated heterocycles. The fraction of sp³-hybridized carbons (Fsp3) is 0.417. The van der Waals surface area contributed by atoms with Crippen LogP contribution in [0.1, 0.15) is 56.8 Å². The van der Waals surface area contributed by atoms with Crippen LogP contribution in [-0.2, 0) is 11.3 Å². The second-order valence-electron chi connectivity index (χ2n) is 7.23. The first-order chi connectivity index (χ1) is 14.7. The first-order valence-corrected chi connectivity index (χ1v) is 10.1. The molecular weight excluding hydrogens is 382 g/mol. The van der Waals surface area contributed by atoms with Crippen molar-refractivity contribution < 1.29 is 25.5 Å². The molecule has 6 nitrogen and oxygen atoms in total. The topological polar surface area (TPSA) is 76.1 Å². The normalized spacial score (nSPS) is 11.5. The predicted molar refractivity (Wildman–Crippen MR) is 116 cm³/mol. The molecule has 0 heterocycles. The van der Waals surface area contributed by atoms with Crippen molar-refractivity contribution in [3.63, 3.8) is 0 Å². The SMILES string of the molecule is [2H]C(C)(C)N(Cc1ccccc1OCCCCCC(=O)O)C(=O)c1ccc(OC)cc1. The lowest BCUT2D eigenvalue weighted by atomic mass is 10.1. The highest BCUT2D eigenvalue weighted by Gasteiger charge is 2.20. The number of carboxylic acids is 1. The fourth-order valence-corrected chi connectivity index (χ4v) is 3.01. The molecule has 0 aliphatic heterocycles. The molecule has 30 heavy (non-hydrogen) atoms. The molecular formula is C24H31NO5. The van der Waals surface area contributed by atoms with E-state index in [1.807, 2.05) is 24.3 Å². The molecule has 1 amide bonds. The molecule has 0 radical (unpaired) electrons. The minimum absolute atomic E-state index is 0.164. The van der Waals surface area contributed by atoms with Crippen molar-refractivity contribution in [2.75, 3.05) is 13.7 Å². The fourth-order valence-electron chi connectivity index (χ4n) is 3.01. The van der Waals surface area contributed by atoms with Gasteiger partial charge in [0.1, 0.15) is 11.5 Å². The molecule has 0 aromatic heterocycles. The molecule has 0 aliphatic rings. The maximum Gasteiger partial charge on any atom is 0.303 e. The van der Waals surface area contributed by atoms with Crippen molar-refractivity contribution >= 4 is 11.9 Å².